The number of piperazine rings is 1. The smallest absolute Gasteiger partial charge is 0.272 e. The maximum absolute atomic E-state index is 13.1. The Kier molecular flexibility index (Phi) is 11.2. The zero-order valence-corrected chi connectivity index (χ0v) is 32.0. The molecule has 3 aromatic rings. The second-order valence-corrected chi connectivity index (χ2v) is 15.9. The molecule has 1 atom stereocenters. The molecule has 2 N–H and O–H groups in total. The van der Waals surface area contributed by atoms with E-state index in [1.807, 2.05) is 18.2 Å². The van der Waals surface area contributed by atoms with Crippen LogP contribution in [0.25, 0.3) is 0 Å². The molecule has 14 nitrogen and oxygen atoms in total. The summed E-state index contributed by atoms with van der Waals surface area (Å²) in [6.45, 7) is 6.91. The minimum Gasteiger partial charge on any atom is -0.490 e. The molecule has 5 heterocycles. The highest BCUT2D eigenvalue weighted by molar-refractivity contribution is 6.31. The highest BCUT2D eigenvalue weighted by atomic mass is 35.5. The number of nitrogens with zero attached hydrogens (tertiary/aromatic N) is 7. The van der Waals surface area contributed by atoms with Gasteiger partial charge in [-0.3, -0.25) is 34.3 Å². The van der Waals surface area contributed by atoms with Crippen molar-refractivity contribution in [2.75, 3.05) is 44.2 Å². The third kappa shape index (κ3) is 8.35. The number of carbonyl (C=O) groups excluding carboxylic acids is 4. The summed E-state index contributed by atoms with van der Waals surface area (Å²) >= 11 is 6.15. The van der Waals surface area contributed by atoms with Crippen molar-refractivity contribution >= 4 is 41.0 Å². The van der Waals surface area contributed by atoms with E-state index in [1.165, 1.54) is 0 Å². The van der Waals surface area contributed by atoms with E-state index >= 15 is 0 Å². The van der Waals surface area contributed by atoms with Gasteiger partial charge in [-0.1, -0.05) is 23.7 Å². The summed E-state index contributed by atoms with van der Waals surface area (Å²) in [6.07, 6.45) is 5.91. The molecule has 1 saturated carbocycles. The van der Waals surface area contributed by atoms with E-state index in [2.05, 4.69) is 47.7 Å². The van der Waals surface area contributed by atoms with Crippen LogP contribution >= 0.6 is 11.6 Å². The number of nitrogens with one attached hydrogen (secondary N) is 2. The van der Waals surface area contributed by atoms with Gasteiger partial charge in [0, 0.05) is 82.5 Å². The van der Waals surface area contributed by atoms with Crippen LogP contribution in [0.4, 0.5) is 5.82 Å². The lowest BCUT2D eigenvalue weighted by Gasteiger charge is -2.43. The van der Waals surface area contributed by atoms with Gasteiger partial charge >= 0.3 is 0 Å². The van der Waals surface area contributed by atoms with Gasteiger partial charge in [0.15, 0.2) is 11.5 Å². The number of fused-ring (bicyclic) bond motifs is 1. The van der Waals surface area contributed by atoms with Gasteiger partial charge in [-0.25, -0.2) is 0 Å². The van der Waals surface area contributed by atoms with Crippen molar-refractivity contribution in [3.05, 3.63) is 81.5 Å². The van der Waals surface area contributed by atoms with Crippen LogP contribution < -0.4 is 20.3 Å². The Bertz CT molecular complexity index is 2020. The molecule has 1 unspecified atom stereocenters. The highest BCUT2D eigenvalue weighted by Gasteiger charge is 2.39. The molecule has 0 radical (unpaired) electrons. The molecule has 15 heteroatoms. The normalized spacial score (nSPS) is 23.7. The van der Waals surface area contributed by atoms with E-state index in [4.69, 9.17) is 21.6 Å². The number of amides is 4. The Balaban J connectivity index is 0.745. The number of hydrogen-bond donors (Lipinski definition) is 2. The molecule has 5 aliphatic rings. The predicted octanol–water partition coefficient (Wildman–Crippen LogP) is 3.67. The average Bonchev–Trinajstić information content (AvgIpc) is 3.53. The average molecular weight is 780 g/mol. The first-order valence-electron chi connectivity index (χ1n) is 19.7. The molecular weight excluding hydrogens is 734 g/mol. The summed E-state index contributed by atoms with van der Waals surface area (Å²) in [5.41, 5.74) is 3.49. The number of carbonyl (C=O) groups is 4. The predicted molar refractivity (Wildman–Crippen MR) is 207 cm³/mol. The SMILES string of the molecule is N#Cc1ccc(O[C@H]2CC[C@H](NC(=O)c3ccc(N4CCC(N5CCN(Cc6ccc7c(c6)CN(C6CCC(=O)NC6=O)C7=O)CC5)CC4)nn3)CC2)cc1Cl. The van der Waals surface area contributed by atoms with Crippen molar-refractivity contribution in [2.24, 2.45) is 0 Å². The Morgan fingerprint density at radius 2 is 1.70 bits per heavy atom. The number of ether oxygens (including phenoxy) is 1. The number of hydrogen-bond acceptors (Lipinski definition) is 11. The van der Waals surface area contributed by atoms with Crippen molar-refractivity contribution in [1.82, 2.24) is 35.5 Å². The molecule has 292 valence electrons. The largest absolute Gasteiger partial charge is 0.490 e. The van der Waals surface area contributed by atoms with E-state index in [1.54, 1.807) is 29.2 Å². The van der Waals surface area contributed by atoms with E-state index in [9.17, 15) is 19.2 Å². The summed E-state index contributed by atoms with van der Waals surface area (Å²) in [7, 11) is 0. The first-order valence-corrected chi connectivity index (χ1v) is 20.1. The van der Waals surface area contributed by atoms with Crippen LogP contribution in [0.2, 0.25) is 5.02 Å². The second-order valence-electron chi connectivity index (χ2n) is 15.5. The molecule has 2 aromatic carbocycles. The summed E-state index contributed by atoms with van der Waals surface area (Å²) in [4.78, 5) is 59.0. The fraction of sp³-hybridized carbons (Fsp3) is 0.488. The third-order valence-corrected chi connectivity index (χ3v) is 12.3. The molecule has 8 rings (SSSR count). The van der Waals surface area contributed by atoms with Crippen LogP contribution in [0.15, 0.2) is 48.5 Å². The Hall–Kier alpha value is -5.10. The van der Waals surface area contributed by atoms with Gasteiger partial charge in [0.2, 0.25) is 11.8 Å². The van der Waals surface area contributed by atoms with Crippen molar-refractivity contribution in [1.29, 1.82) is 5.26 Å². The fourth-order valence-electron chi connectivity index (χ4n) is 8.78. The number of imide groups is 1. The minimum absolute atomic E-state index is 0.0279. The lowest BCUT2D eigenvalue weighted by atomic mass is 9.93. The molecule has 4 fully saturated rings. The van der Waals surface area contributed by atoms with Gasteiger partial charge in [0.05, 0.1) is 16.7 Å². The van der Waals surface area contributed by atoms with Crippen LogP contribution in [0.3, 0.4) is 0 Å². The molecule has 1 aliphatic carbocycles. The monoisotopic (exact) mass is 779 g/mol. The van der Waals surface area contributed by atoms with Crippen molar-refractivity contribution in [3.63, 3.8) is 0 Å². The maximum atomic E-state index is 13.1. The number of nitriles is 1. The number of benzene rings is 2. The van der Waals surface area contributed by atoms with Crippen LogP contribution in [-0.4, -0.2) is 112 Å². The van der Waals surface area contributed by atoms with E-state index in [0.29, 0.717) is 46.6 Å². The molecule has 4 aliphatic heterocycles. The number of rotatable bonds is 9. The van der Waals surface area contributed by atoms with Gasteiger partial charge in [0.25, 0.3) is 11.8 Å². The summed E-state index contributed by atoms with van der Waals surface area (Å²) in [5, 5.41) is 23.7. The lowest BCUT2D eigenvalue weighted by molar-refractivity contribution is -0.136. The number of halogens is 1. The summed E-state index contributed by atoms with van der Waals surface area (Å²) in [5.74, 6) is 0.417. The zero-order chi connectivity index (χ0) is 38.8. The number of piperidine rings is 2. The first kappa shape index (κ1) is 37.8. The molecule has 4 amide bonds. The third-order valence-electron chi connectivity index (χ3n) is 12.0. The summed E-state index contributed by atoms with van der Waals surface area (Å²) < 4.78 is 6.08. The molecule has 3 saturated heterocycles. The molecule has 1 aromatic heterocycles. The van der Waals surface area contributed by atoms with Crippen molar-refractivity contribution in [2.45, 2.75) is 88.7 Å². The molecule has 0 spiro atoms. The maximum Gasteiger partial charge on any atom is 0.272 e. The Morgan fingerprint density at radius 3 is 2.39 bits per heavy atom. The van der Waals surface area contributed by atoms with Gasteiger partial charge in [-0.05, 0) is 86.4 Å². The van der Waals surface area contributed by atoms with Gasteiger partial charge in [-0.2, -0.15) is 5.26 Å². The van der Waals surface area contributed by atoms with Crippen LogP contribution in [0.5, 0.6) is 5.75 Å². The Labute approximate surface area is 331 Å². The minimum atomic E-state index is -0.600. The van der Waals surface area contributed by atoms with Crippen molar-refractivity contribution < 1.29 is 23.9 Å². The zero-order valence-electron chi connectivity index (χ0n) is 31.3. The number of aromatic nitrogens is 2. The molecule has 0 bridgehead atoms. The van der Waals surface area contributed by atoms with Crippen molar-refractivity contribution in [3.8, 4) is 11.8 Å². The Morgan fingerprint density at radius 1 is 0.911 bits per heavy atom. The fourth-order valence-corrected chi connectivity index (χ4v) is 9.00. The standard InChI is InChI=1S/C41H46ClN9O5/c42-34-22-32(5-2-27(34)23-43)56-31-6-3-29(4-7-31)44-39(53)35-9-11-37(47-46-35)50-15-13-30(14-16-50)49-19-17-48(18-20-49)24-26-1-8-33-28(21-26)25-51(41(33)55)36-10-12-38(52)45-40(36)54/h1-2,5,8-9,11,21-22,29-31,36H,3-4,6-7,10,12-20,24-25H2,(H,44,53)(H,45,52,54)/t29-,31-,36?. The molecular formula is C41H46ClN9O5. The lowest BCUT2D eigenvalue weighted by Crippen LogP contribution is -2.53. The van der Waals surface area contributed by atoms with E-state index in [-0.39, 0.29) is 42.2 Å². The molecule has 56 heavy (non-hydrogen) atoms. The van der Waals surface area contributed by atoms with Crippen LogP contribution in [0, 0.1) is 11.3 Å². The van der Waals surface area contributed by atoms with E-state index < -0.39 is 6.04 Å². The highest BCUT2D eigenvalue weighted by Crippen LogP contribution is 2.30. The topological polar surface area (TPSA) is 164 Å². The van der Waals surface area contributed by atoms with Crippen LogP contribution in [-0.2, 0) is 22.7 Å². The quantitative estimate of drug-likeness (QED) is 0.305. The first-order chi connectivity index (χ1) is 27.2. The second kappa shape index (κ2) is 16.6. The van der Waals surface area contributed by atoms with Gasteiger partial charge in [-0.15, -0.1) is 10.2 Å². The van der Waals surface area contributed by atoms with Gasteiger partial charge < -0.3 is 19.9 Å². The van der Waals surface area contributed by atoms with E-state index in [0.717, 1.165) is 101 Å². The summed E-state index contributed by atoms with van der Waals surface area (Å²) in [6, 6.07) is 16.8. The van der Waals surface area contributed by atoms with Gasteiger partial charge in [0.1, 0.15) is 17.9 Å². The van der Waals surface area contributed by atoms with Crippen LogP contribution in [0.1, 0.15) is 88.9 Å². The number of anilines is 1.